The van der Waals surface area contributed by atoms with E-state index in [0.717, 1.165) is 5.56 Å². The lowest BCUT2D eigenvalue weighted by Gasteiger charge is -2.25. The molecule has 2 rings (SSSR count). The molecule has 1 heterocycles. The molecule has 1 aliphatic heterocycles. The number of benzene rings is 1. The Kier molecular flexibility index (Phi) is 4.12. The van der Waals surface area contributed by atoms with E-state index < -0.39 is 0 Å². The molecule has 1 amide bonds. The highest BCUT2D eigenvalue weighted by Gasteiger charge is 2.23. The number of amides is 1. The molecule has 0 bridgehead atoms. The van der Waals surface area contributed by atoms with Crippen molar-refractivity contribution in [1.29, 1.82) is 0 Å². The van der Waals surface area contributed by atoms with E-state index >= 15 is 0 Å². The van der Waals surface area contributed by atoms with Crippen molar-refractivity contribution in [3.63, 3.8) is 0 Å². The van der Waals surface area contributed by atoms with Crippen LogP contribution in [0.1, 0.15) is 18.4 Å². The minimum Gasteiger partial charge on any atom is -0.458 e. The highest BCUT2D eigenvalue weighted by Crippen LogP contribution is 2.08. The zero-order chi connectivity index (χ0) is 12.8. The zero-order valence-corrected chi connectivity index (χ0v) is 9.96. The Labute approximate surface area is 106 Å². The van der Waals surface area contributed by atoms with Gasteiger partial charge in [-0.15, -0.1) is 0 Å². The number of nitrogens with one attached hydrogen (secondary N) is 1. The van der Waals surface area contributed by atoms with Crippen molar-refractivity contribution >= 4 is 11.9 Å². The van der Waals surface area contributed by atoms with Gasteiger partial charge in [0.2, 0.25) is 5.91 Å². The number of carbonyl (C=O) groups is 2. The van der Waals surface area contributed by atoms with Crippen LogP contribution in [0.25, 0.3) is 0 Å². The molecule has 1 unspecified atom stereocenters. The Hall–Kier alpha value is -2.10. The van der Waals surface area contributed by atoms with Gasteiger partial charge in [-0.3, -0.25) is 4.79 Å². The van der Waals surface area contributed by atoms with E-state index in [1.54, 1.807) is 6.08 Å². The molecule has 0 aliphatic carbocycles. The number of carbonyl (C=O) groups excluding carboxylic acids is 2. The summed E-state index contributed by atoms with van der Waals surface area (Å²) < 4.78 is 5.07. The van der Waals surface area contributed by atoms with E-state index in [-0.39, 0.29) is 24.5 Å². The third-order valence-electron chi connectivity index (χ3n) is 2.70. The summed E-state index contributed by atoms with van der Waals surface area (Å²) in [7, 11) is 0. The SMILES string of the molecule is O=C1CC(CC=CC(=O)OCc2ccccc2)N1. The van der Waals surface area contributed by atoms with E-state index in [1.165, 1.54) is 6.08 Å². The van der Waals surface area contributed by atoms with Gasteiger partial charge in [-0.1, -0.05) is 36.4 Å². The molecular formula is C14H15NO3. The molecule has 94 valence electrons. The average Bonchev–Trinajstić information content (AvgIpc) is 2.35. The van der Waals surface area contributed by atoms with E-state index in [1.807, 2.05) is 30.3 Å². The van der Waals surface area contributed by atoms with Crippen LogP contribution in [0.5, 0.6) is 0 Å². The fourth-order valence-electron chi connectivity index (χ4n) is 1.68. The van der Waals surface area contributed by atoms with Crippen molar-refractivity contribution in [2.45, 2.75) is 25.5 Å². The third-order valence-corrected chi connectivity index (χ3v) is 2.70. The fourth-order valence-corrected chi connectivity index (χ4v) is 1.68. The predicted molar refractivity (Wildman–Crippen MR) is 66.5 cm³/mol. The molecule has 1 saturated heterocycles. The standard InChI is InChI=1S/C14H15NO3/c16-13-9-12(15-13)7-4-8-14(17)18-10-11-5-2-1-3-6-11/h1-6,8,12H,7,9-10H2,(H,15,16). The number of rotatable bonds is 5. The minimum atomic E-state index is -0.357. The fraction of sp³-hybridized carbons (Fsp3) is 0.286. The quantitative estimate of drug-likeness (QED) is 0.486. The molecule has 0 aromatic heterocycles. The van der Waals surface area contributed by atoms with Crippen molar-refractivity contribution in [3.8, 4) is 0 Å². The van der Waals surface area contributed by atoms with Crippen molar-refractivity contribution in [2.75, 3.05) is 0 Å². The molecule has 4 heteroatoms. The van der Waals surface area contributed by atoms with Gasteiger partial charge in [0.15, 0.2) is 0 Å². The molecule has 1 atom stereocenters. The molecule has 0 radical (unpaired) electrons. The van der Waals surface area contributed by atoms with Gasteiger partial charge >= 0.3 is 5.97 Å². The lowest BCUT2D eigenvalue weighted by molar-refractivity contribution is -0.139. The molecule has 1 fully saturated rings. The van der Waals surface area contributed by atoms with Gasteiger partial charge in [-0.25, -0.2) is 4.79 Å². The third kappa shape index (κ3) is 3.73. The summed E-state index contributed by atoms with van der Waals surface area (Å²) in [6.07, 6.45) is 4.36. The zero-order valence-electron chi connectivity index (χ0n) is 9.96. The van der Waals surface area contributed by atoms with E-state index in [4.69, 9.17) is 4.74 Å². The molecule has 18 heavy (non-hydrogen) atoms. The van der Waals surface area contributed by atoms with E-state index in [9.17, 15) is 9.59 Å². The normalized spacial score (nSPS) is 18.2. The second-order valence-corrected chi connectivity index (χ2v) is 4.20. The summed E-state index contributed by atoms with van der Waals surface area (Å²) in [6.45, 7) is 0.282. The van der Waals surface area contributed by atoms with Crippen LogP contribution in [-0.4, -0.2) is 17.9 Å². The maximum Gasteiger partial charge on any atom is 0.330 e. The first-order valence-corrected chi connectivity index (χ1v) is 5.90. The van der Waals surface area contributed by atoms with Crippen molar-refractivity contribution in [2.24, 2.45) is 0 Å². The summed E-state index contributed by atoms with van der Waals surface area (Å²) in [6, 6.07) is 9.70. The smallest absolute Gasteiger partial charge is 0.330 e. The number of hydrogen-bond donors (Lipinski definition) is 1. The second kappa shape index (κ2) is 6.00. The lowest BCUT2D eigenvalue weighted by atomic mass is 10.0. The molecule has 1 aliphatic rings. The maximum absolute atomic E-state index is 11.4. The van der Waals surface area contributed by atoms with E-state index in [2.05, 4.69) is 5.32 Å². The number of ether oxygens (including phenoxy) is 1. The Morgan fingerprint density at radius 2 is 2.11 bits per heavy atom. The van der Waals surface area contributed by atoms with Gasteiger partial charge in [-0.05, 0) is 12.0 Å². The summed E-state index contributed by atoms with van der Waals surface area (Å²) in [5.74, 6) is -0.287. The highest BCUT2D eigenvalue weighted by atomic mass is 16.5. The van der Waals surface area contributed by atoms with E-state index in [0.29, 0.717) is 12.8 Å². The number of β-lactam (4-membered cyclic amide) rings is 1. The predicted octanol–water partition coefficient (Wildman–Crippen LogP) is 1.56. The summed E-state index contributed by atoms with van der Waals surface area (Å²) in [5, 5.41) is 2.73. The van der Waals surface area contributed by atoms with Crippen LogP contribution in [-0.2, 0) is 20.9 Å². The molecule has 4 nitrogen and oxygen atoms in total. The first-order chi connectivity index (χ1) is 8.74. The van der Waals surface area contributed by atoms with Gasteiger partial charge in [0.1, 0.15) is 6.61 Å². The summed E-state index contributed by atoms with van der Waals surface area (Å²) in [5.41, 5.74) is 0.963. The molecule has 0 spiro atoms. The van der Waals surface area contributed by atoms with Crippen LogP contribution in [0.4, 0.5) is 0 Å². The average molecular weight is 245 g/mol. The maximum atomic E-state index is 11.4. The largest absolute Gasteiger partial charge is 0.458 e. The number of esters is 1. The van der Waals surface area contributed by atoms with Crippen LogP contribution in [0.2, 0.25) is 0 Å². The summed E-state index contributed by atoms with van der Waals surface area (Å²) >= 11 is 0. The van der Waals surface area contributed by atoms with Gasteiger partial charge in [-0.2, -0.15) is 0 Å². The molecular weight excluding hydrogens is 230 g/mol. The summed E-state index contributed by atoms with van der Waals surface area (Å²) in [4.78, 5) is 22.0. The van der Waals surface area contributed by atoms with Crippen LogP contribution < -0.4 is 5.32 Å². The highest BCUT2D eigenvalue weighted by molar-refractivity contribution is 5.83. The van der Waals surface area contributed by atoms with Gasteiger partial charge in [0, 0.05) is 18.5 Å². The van der Waals surface area contributed by atoms with Gasteiger partial charge in [0.05, 0.1) is 0 Å². The molecule has 1 N–H and O–H groups in total. The topological polar surface area (TPSA) is 55.4 Å². The Morgan fingerprint density at radius 1 is 1.39 bits per heavy atom. The first kappa shape index (κ1) is 12.4. The Balaban J connectivity index is 1.66. The van der Waals surface area contributed by atoms with Crippen molar-refractivity contribution in [1.82, 2.24) is 5.32 Å². The van der Waals surface area contributed by atoms with Crippen LogP contribution in [0, 0.1) is 0 Å². The molecule has 1 aromatic carbocycles. The number of hydrogen-bond acceptors (Lipinski definition) is 3. The van der Waals surface area contributed by atoms with Gasteiger partial charge in [0.25, 0.3) is 0 Å². The van der Waals surface area contributed by atoms with Crippen molar-refractivity contribution in [3.05, 3.63) is 48.0 Å². The van der Waals surface area contributed by atoms with Crippen LogP contribution >= 0.6 is 0 Å². The Bertz CT molecular complexity index is 445. The Morgan fingerprint density at radius 3 is 2.78 bits per heavy atom. The van der Waals surface area contributed by atoms with Crippen molar-refractivity contribution < 1.29 is 14.3 Å². The minimum absolute atomic E-state index is 0.0695. The van der Waals surface area contributed by atoms with Crippen LogP contribution in [0.15, 0.2) is 42.5 Å². The first-order valence-electron chi connectivity index (χ1n) is 5.90. The second-order valence-electron chi connectivity index (χ2n) is 4.20. The van der Waals surface area contributed by atoms with Gasteiger partial charge < -0.3 is 10.1 Å². The lowest BCUT2D eigenvalue weighted by Crippen LogP contribution is -2.47. The molecule has 0 saturated carbocycles. The monoisotopic (exact) mass is 245 g/mol. The molecule has 1 aromatic rings. The van der Waals surface area contributed by atoms with Crippen LogP contribution in [0.3, 0.4) is 0 Å².